The van der Waals surface area contributed by atoms with Gasteiger partial charge < -0.3 is 5.73 Å². The van der Waals surface area contributed by atoms with Crippen LogP contribution >= 0.6 is 39.0 Å². The van der Waals surface area contributed by atoms with Crippen molar-refractivity contribution in [3.63, 3.8) is 0 Å². The minimum atomic E-state index is 0.172. The van der Waals surface area contributed by atoms with Gasteiger partial charge in [0, 0.05) is 35.0 Å². The Hall–Kier alpha value is 0.450. The second-order valence-corrected chi connectivity index (χ2v) is 8.25. The van der Waals surface area contributed by atoms with Crippen molar-refractivity contribution in [1.82, 2.24) is 4.90 Å². The molecule has 0 aliphatic carbocycles. The predicted octanol–water partition coefficient (Wildman–Crippen LogP) is 3.34. The standard InChI is InChI=1S/C12H19BrN2S2/c1-8-7-16-6-5-15(8)12(9(2)14)10-3-4-11(13)17-10/h3-4,8-9,12H,5-7,14H2,1-2H3. The van der Waals surface area contributed by atoms with E-state index in [0.717, 1.165) is 6.54 Å². The van der Waals surface area contributed by atoms with Crippen molar-refractivity contribution in [2.75, 3.05) is 18.1 Å². The summed E-state index contributed by atoms with van der Waals surface area (Å²) in [6, 6.07) is 5.48. The molecule has 1 aromatic rings. The number of thiophene rings is 1. The minimum absolute atomic E-state index is 0.172. The van der Waals surface area contributed by atoms with E-state index in [-0.39, 0.29) is 6.04 Å². The Morgan fingerprint density at radius 2 is 2.29 bits per heavy atom. The topological polar surface area (TPSA) is 29.3 Å². The average molecular weight is 335 g/mol. The van der Waals surface area contributed by atoms with Gasteiger partial charge in [-0.2, -0.15) is 11.8 Å². The van der Waals surface area contributed by atoms with Gasteiger partial charge in [-0.05, 0) is 41.9 Å². The normalized spacial score (nSPS) is 25.8. The maximum atomic E-state index is 6.21. The van der Waals surface area contributed by atoms with Crippen LogP contribution in [0.2, 0.25) is 0 Å². The predicted molar refractivity (Wildman–Crippen MR) is 81.9 cm³/mol. The average Bonchev–Trinajstić information content (AvgIpc) is 2.68. The third kappa shape index (κ3) is 3.26. The quantitative estimate of drug-likeness (QED) is 0.919. The van der Waals surface area contributed by atoms with Crippen molar-refractivity contribution >= 4 is 39.0 Å². The van der Waals surface area contributed by atoms with Crippen molar-refractivity contribution < 1.29 is 0 Å². The van der Waals surface area contributed by atoms with Crippen LogP contribution in [0, 0.1) is 0 Å². The zero-order chi connectivity index (χ0) is 12.4. The highest BCUT2D eigenvalue weighted by Gasteiger charge is 2.30. The number of hydrogen-bond acceptors (Lipinski definition) is 4. The summed E-state index contributed by atoms with van der Waals surface area (Å²) in [4.78, 5) is 3.95. The first-order valence-electron chi connectivity index (χ1n) is 5.94. The Bertz CT molecular complexity index is 367. The van der Waals surface area contributed by atoms with Crippen LogP contribution in [0.3, 0.4) is 0 Å². The molecule has 2 N–H and O–H groups in total. The van der Waals surface area contributed by atoms with Gasteiger partial charge in [-0.15, -0.1) is 11.3 Å². The second-order valence-electron chi connectivity index (χ2n) is 4.61. The summed E-state index contributed by atoms with van der Waals surface area (Å²) in [5.74, 6) is 2.44. The minimum Gasteiger partial charge on any atom is -0.326 e. The SMILES string of the molecule is CC(N)C(c1ccc(Br)s1)N1CCSCC1C. The van der Waals surface area contributed by atoms with Crippen molar-refractivity contribution in [3.8, 4) is 0 Å². The monoisotopic (exact) mass is 334 g/mol. The molecule has 0 aromatic carbocycles. The first-order valence-corrected chi connectivity index (χ1v) is 8.70. The van der Waals surface area contributed by atoms with Crippen molar-refractivity contribution in [2.24, 2.45) is 5.73 Å². The molecule has 1 aliphatic heterocycles. The largest absolute Gasteiger partial charge is 0.326 e. The van der Waals surface area contributed by atoms with Gasteiger partial charge in [-0.25, -0.2) is 0 Å². The van der Waals surface area contributed by atoms with E-state index in [0.29, 0.717) is 12.1 Å². The van der Waals surface area contributed by atoms with Gasteiger partial charge in [0.05, 0.1) is 9.83 Å². The van der Waals surface area contributed by atoms with Crippen LogP contribution in [0.25, 0.3) is 0 Å². The van der Waals surface area contributed by atoms with Crippen molar-refractivity contribution in [2.45, 2.75) is 32.0 Å². The lowest BCUT2D eigenvalue weighted by atomic mass is 10.1. The summed E-state index contributed by atoms with van der Waals surface area (Å²) in [7, 11) is 0. The summed E-state index contributed by atoms with van der Waals surface area (Å²) in [6.07, 6.45) is 0. The molecule has 3 unspecified atom stereocenters. The van der Waals surface area contributed by atoms with E-state index in [4.69, 9.17) is 5.73 Å². The van der Waals surface area contributed by atoms with Gasteiger partial charge in [-0.1, -0.05) is 0 Å². The second kappa shape index (κ2) is 6.06. The van der Waals surface area contributed by atoms with Crippen LogP contribution in [0.5, 0.6) is 0 Å². The number of halogens is 1. The molecule has 17 heavy (non-hydrogen) atoms. The first kappa shape index (κ1) is 13.9. The highest BCUT2D eigenvalue weighted by atomic mass is 79.9. The zero-order valence-corrected chi connectivity index (χ0v) is 13.4. The van der Waals surface area contributed by atoms with Crippen molar-refractivity contribution in [1.29, 1.82) is 0 Å². The summed E-state index contributed by atoms with van der Waals surface area (Å²) < 4.78 is 1.19. The molecule has 0 radical (unpaired) electrons. The van der Waals surface area contributed by atoms with E-state index >= 15 is 0 Å². The molecule has 1 aliphatic rings. The van der Waals surface area contributed by atoms with Gasteiger partial charge in [0.1, 0.15) is 0 Å². The van der Waals surface area contributed by atoms with Gasteiger partial charge in [0.15, 0.2) is 0 Å². The number of nitrogens with two attached hydrogens (primary N) is 1. The van der Waals surface area contributed by atoms with E-state index in [1.165, 1.54) is 20.2 Å². The maximum absolute atomic E-state index is 6.21. The molecule has 3 atom stereocenters. The van der Waals surface area contributed by atoms with E-state index in [9.17, 15) is 0 Å². The molecule has 1 fully saturated rings. The maximum Gasteiger partial charge on any atom is 0.0702 e. The van der Waals surface area contributed by atoms with E-state index < -0.39 is 0 Å². The smallest absolute Gasteiger partial charge is 0.0702 e. The van der Waals surface area contributed by atoms with Crippen LogP contribution < -0.4 is 5.73 Å². The molecule has 0 saturated carbocycles. The molecular weight excluding hydrogens is 316 g/mol. The Balaban J connectivity index is 2.22. The molecular formula is C12H19BrN2S2. The van der Waals surface area contributed by atoms with Crippen molar-refractivity contribution in [3.05, 3.63) is 20.8 Å². The molecule has 0 spiro atoms. The van der Waals surface area contributed by atoms with Crippen LogP contribution in [0.4, 0.5) is 0 Å². The molecule has 2 nitrogen and oxygen atoms in total. The van der Waals surface area contributed by atoms with Crippen LogP contribution in [-0.2, 0) is 0 Å². The Kier molecular flexibility index (Phi) is 4.95. The highest BCUT2D eigenvalue weighted by Crippen LogP contribution is 2.35. The van der Waals surface area contributed by atoms with Crippen LogP contribution in [-0.4, -0.2) is 35.0 Å². The number of rotatable bonds is 3. The molecule has 5 heteroatoms. The van der Waals surface area contributed by atoms with Gasteiger partial charge in [0.2, 0.25) is 0 Å². The van der Waals surface area contributed by atoms with Gasteiger partial charge in [-0.3, -0.25) is 4.90 Å². The fraction of sp³-hybridized carbons (Fsp3) is 0.667. The van der Waals surface area contributed by atoms with E-state index in [1.54, 1.807) is 0 Å². The van der Waals surface area contributed by atoms with Gasteiger partial charge in [0.25, 0.3) is 0 Å². The zero-order valence-electron chi connectivity index (χ0n) is 10.2. The third-order valence-corrected chi connectivity index (χ3v) is 6.04. The fourth-order valence-corrected chi connectivity index (χ4v) is 5.07. The lowest BCUT2D eigenvalue weighted by molar-refractivity contribution is 0.146. The third-order valence-electron chi connectivity index (χ3n) is 3.16. The van der Waals surface area contributed by atoms with Gasteiger partial charge >= 0.3 is 0 Å². The molecule has 2 rings (SSSR count). The Morgan fingerprint density at radius 3 is 2.82 bits per heavy atom. The first-order chi connectivity index (χ1) is 8.09. The summed E-state index contributed by atoms with van der Waals surface area (Å²) >= 11 is 7.40. The fourth-order valence-electron chi connectivity index (χ4n) is 2.37. The molecule has 96 valence electrons. The Labute approximate surface area is 120 Å². The van der Waals surface area contributed by atoms with Crippen LogP contribution in [0.1, 0.15) is 24.8 Å². The molecule has 0 amide bonds. The van der Waals surface area contributed by atoms with E-state index in [2.05, 4.69) is 46.8 Å². The van der Waals surface area contributed by atoms with E-state index in [1.807, 2.05) is 23.1 Å². The molecule has 2 heterocycles. The molecule has 1 aromatic heterocycles. The summed E-state index contributed by atoms with van der Waals surface area (Å²) in [5, 5.41) is 0. The lowest BCUT2D eigenvalue weighted by Crippen LogP contribution is -2.48. The number of hydrogen-bond donors (Lipinski definition) is 1. The number of nitrogens with zero attached hydrogens (tertiary/aromatic N) is 1. The number of thioether (sulfide) groups is 1. The van der Waals surface area contributed by atoms with Crippen LogP contribution in [0.15, 0.2) is 15.9 Å². The summed E-state index contributed by atoms with van der Waals surface area (Å²) in [5.41, 5.74) is 6.21. The highest BCUT2D eigenvalue weighted by molar-refractivity contribution is 9.11. The Morgan fingerprint density at radius 1 is 1.53 bits per heavy atom. The molecule has 1 saturated heterocycles. The lowest BCUT2D eigenvalue weighted by Gasteiger charge is -2.40. The summed E-state index contributed by atoms with van der Waals surface area (Å²) in [6.45, 7) is 5.57. The molecule has 0 bridgehead atoms.